The fourth-order valence-electron chi connectivity index (χ4n) is 2.42. The van der Waals surface area contributed by atoms with Crippen molar-refractivity contribution in [2.45, 2.75) is 39.9 Å². The first kappa shape index (κ1) is 16.2. The van der Waals surface area contributed by atoms with Crippen LogP contribution in [-0.4, -0.2) is 25.5 Å². The third-order valence-electron chi connectivity index (χ3n) is 2.61. The van der Waals surface area contributed by atoms with Crippen LogP contribution in [0.2, 0.25) is 19.1 Å². The fraction of sp³-hybridized carbons (Fsp3) is 0.538. The standard InChI is InChI=1S/C13H22BFO3Si/c1-13(2,3)9-19(4,5)18-11-8-6-7-10(12(11)15)14(16)17/h6-8,16-17H,9H2,1-5H3. The summed E-state index contributed by atoms with van der Waals surface area (Å²) in [5.41, 5.74) is -0.0432. The summed E-state index contributed by atoms with van der Waals surface area (Å²) in [6.07, 6.45) is 0. The molecular formula is C13H22BFO3Si. The quantitative estimate of drug-likeness (QED) is 0.833. The third kappa shape index (κ3) is 4.97. The van der Waals surface area contributed by atoms with Crippen molar-refractivity contribution in [2.24, 2.45) is 5.41 Å². The monoisotopic (exact) mass is 284 g/mol. The molecule has 0 unspecified atom stereocenters. The van der Waals surface area contributed by atoms with Gasteiger partial charge in [-0.2, -0.15) is 0 Å². The van der Waals surface area contributed by atoms with Gasteiger partial charge < -0.3 is 14.5 Å². The molecule has 0 saturated carbocycles. The minimum absolute atomic E-state index is 0.103. The van der Waals surface area contributed by atoms with Crippen LogP contribution in [0.3, 0.4) is 0 Å². The SMILES string of the molecule is CC(C)(C)C[Si](C)(C)Oc1cccc(B(O)O)c1F. The summed E-state index contributed by atoms with van der Waals surface area (Å²) in [5, 5.41) is 18.2. The number of rotatable bonds is 4. The lowest BCUT2D eigenvalue weighted by Crippen LogP contribution is -2.40. The van der Waals surface area contributed by atoms with E-state index in [1.807, 2.05) is 13.1 Å². The van der Waals surface area contributed by atoms with Gasteiger partial charge in [-0.05, 0) is 30.6 Å². The van der Waals surface area contributed by atoms with E-state index in [0.29, 0.717) is 0 Å². The maximum absolute atomic E-state index is 14.1. The molecular weight excluding hydrogens is 262 g/mol. The second kappa shape index (κ2) is 5.65. The van der Waals surface area contributed by atoms with Crippen molar-refractivity contribution in [2.75, 3.05) is 0 Å². The molecule has 0 amide bonds. The van der Waals surface area contributed by atoms with Crippen LogP contribution in [0.1, 0.15) is 20.8 Å². The second-order valence-electron chi connectivity index (χ2n) is 6.63. The molecule has 6 heteroatoms. The van der Waals surface area contributed by atoms with Crippen LogP contribution in [0.25, 0.3) is 0 Å². The molecule has 1 aromatic carbocycles. The lowest BCUT2D eigenvalue weighted by Gasteiger charge is -2.31. The normalized spacial score (nSPS) is 12.4. The first-order chi connectivity index (χ1) is 8.52. The van der Waals surface area contributed by atoms with Gasteiger partial charge in [0.25, 0.3) is 0 Å². The average Bonchev–Trinajstić information content (AvgIpc) is 2.16. The molecule has 106 valence electrons. The highest BCUT2D eigenvalue weighted by Gasteiger charge is 2.32. The molecule has 3 nitrogen and oxygen atoms in total. The van der Waals surface area contributed by atoms with E-state index < -0.39 is 21.3 Å². The van der Waals surface area contributed by atoms with E-state index in [1.54, 1.807) is 6.07 Å². The highest BCUT2D eigenvalue weighted by molar-refractivity contribution is 6.72. The first-order valence-corrected chi connectivity index (χ1v) is 9.47. The molecule has 1 rings (SSSR count). The molecule has 0 aliphatic heterocycles. The zero-order chi connectivity index (χ0) is 14.8. The molecule has 0 bridgehead atoms. The fourth-order valence-corrected chi connectivity index (χ4v) is 5.80. The van der Waals surface area contributed by atoms with E-state index in [1.165, 1.54) is 12.1 Å². The number of halogens is 1. The van der Waals surface area contributed by atoms with E-state index in [2.05, 4.69) is 20.8 Å². The molecule has 0 spiro atoms. The number of hydrogen-bond donors (Lipinski definition) is 2. The zero-order valence-corrected chi connectivity index (χ0v) is 13.2. The van der Waals surface area contributed by atoms with E-state index >= 15 is 0 Å². The summed E-state index contributed by atoms with van der Waals surface area (Å²) in [7, 11) is -3.90. The van der Waals surface area contributed by atoms with Crippen LogP contribution in [0, 0.1) is 11.2 Å². The summed E-state index contributed by atoms with van der Waals surface area (Å²) in [4.78, 5) is 0. The van der Waals surface area contributed by atoms with Gasteiger partial charge in [-0.25, -0.2) is 4.39 Å². The average molecular weight is 284 g/mol. The minimum atomic E-state index is -2.07. The van der Waals surface area contributed by atoms with Crippen molar-refractivity contribution in [1.82, 2.24) is 0 Å². The van der Waals surface area contributed by atoms with Gasteiger partial charge in [0.1, 0.15) is 5.75 Å². The zero-order valence-electron chi connectivity index (χ0n) is 12.2. The summed E-state index contributed by atoms with van der Waals surface area (Å²) >= 11 is 0. The summed E-state index contributed by atoms with van der Waals surface area (Å²) in [5.74, 6) is -0.585. The maximum Gasteiger partial charge on any atom is 0.491 e. The third-order valence-corrected chi connectivity index (χ3v) is 5.30. The van der Waals surface area contributed by atoms with Gasteiger partial charge in [-0.1, -0.05) is 32.9 Å². The Labute approximate surface area is 115 Å². The van der Waals surface area contributed by atoms with Crippen LogP contribution in [0.4, 0.5) is 4.39 Å². The topological polar surface area (TPSA) is 49.7 Å². The predicted octanol–water partition coefficient (Wildman–Crippen LogP) is 2.14. The molecule has 0 saturated heterocycles. The van der Waals surface area contributed by atoms with Crippen molar-refractivity contribution in [3.05, 3.63) is 24.0 Å². The van der Waals surface area contributed by atoms with Gasteiger partial charge in [0.05, 0.1) is 0 Å². The summed E-state index contributed by atoms with van der Waals surface area (Å²) in [6.45, 7) is 10.4. The molecule has 0 aliphatic rings. The first-order valence-electron chi connectivity index (χ1n) is 6.35. The van der Waals surface area contributed by atoms with Crippen LogP contribution >= 0.6 is 0 Å². The summed E-state index contributed by atoms with van der Waals surface area (Å²) < 4.78 is 19.9. The van der Waals surface area contributed by atoms with Gasteiger partial charge in [-0.15, -0.1) is 0 Å². The Morgan fingerprint density at radius 3 is 2.32 bits per heavy atom. The number of hydrogen-bond acceptors (Lipinski definition) is 3. The van der Waals surface area contributed by atoms with Crippen LogP contribution in [0.5, 0.6) is 5.75 Å². The van der Waals surface area contributed by atoms with Crippen molar-refractivity contribution in [3.8, 4) is 5.75 Å². The van der Waals surface area contributed by atoms with Crippen molar-refractivity contribution >= 4 is 20.9 Å². The van der Waals surface area contributed by atoms with Crippen molar-refractivity contribution in [1.29, 1.82) is 0 Å². The van der Waals surface area contributed by atoms with E-state index in [0.717, 1.165) is 6.04 Å². The van der Waals surface area contributed by atoms with Gasteiger partial charge >= 0.3 is 7.12 Å². The van der Waals surface area contributed by atoms with Crippen LogP contribution in [-0.2, 0) is 0 Å². The highest BCUT2D eigenvalue weighted by atomic mass is 28.4. The molecule has 0 atom stereocenters. The Kier molecular flexibility index (Phi) is 4.82. The Hall–Kier alpha value is -0.848. The Balaban J connectivity index is 2.97. The predicted molar refractivity (Wildman–Crippen MR) is 78.6 cm³/mol. The van der Waals surface area contributed by atoms with Crippen molar-refractivity contribution in [3.63, 3.8) is 0 Å². The molecule has 0 aromatic heterocycles. The van der Waals surface area contributed by atoms with E-state index in [9.17, 15) is 4.39 Å². The van der Waals surface area contributed by atoms with Gasteiger partial charge in [-0.3, -0.25) is 0 Å². The van der Waals surface area contributed by atoms with E-state index in [-0.39, 0.29) is 16.6 Å². The Morgan fingerprint density at radius 2 is 1.84 bits per heavy atom. The molecule has 19 heavy (non-hydrogen) atoms. The minimum Gasteiger partial charge on any atom is -0.542 e. The highest BCUT2D eigenvalue weighted by Crippen LogP contribution is 2.30. The lowest BCUT2D eigenvalue weighted by molar-refractivity contribution is 0.411. The van der Waals surface area contributed by atoms with Gasteiger partial charge in [0, 0.05) is 5.46 Å². The molecule has 0 aliphatic carbocycles. The maximum atomic E-state index is 14.1. The smallest absolute Gasteiger partial charge is 0.491 e. The van der Waals surface area contributed by atoms with Crippen LogP contribution < -0.4 is 9.89 Å². The molecule has 2 N–H and O–H groups in total. The van der Waals surface area contributed by atoms with E-state index in [4.69, 9.17) is 14.5 Å². The van der Waals surface area contributed by atoms with Gasteiger partial charge in [0.2, 0.25) is 8.32 Å². The molecule has 0 radical (unpaired) electrons. The Bertz CT molecular complexity index is 444. The molecule has 0 heterocycles. The number of benzene rings is 1. The Morgan fingerprint density at radius 1 is 1.26 bits per heavy atom. The molecule has 0 fully saturated rings. The second-order valence-corrected chi connectivity index (χ2v) is 10.7. The van der Waals surface area contributed by atoms with Gasteiger partial charge in [0.15, 0.2) is 5.82 Å². The van der Waals surface area contributed by atoms with Crippen LogP contribution in [0.15, 0.2) is 18.2 Å². The lowest BCUT2D eigenvalue weighted by atomic mass is 9.80. The molecule has 1 aromatic rings. The largest absolute Gasteiger partial charge is 0.542 e. The summed E-state index contributed by atoms with van der Waals surface area (Å²) in [6, 6.07) is 5.31. The van der Waals surface area contributed by atoms with Crippen molar-refractivity contribution < 1.29 is 18.9 Å².